The Hall–Kier alpha value is -3.21. The fourth-order valence-electron chi connectivity index (χ4n) is 2.96. The van der Waals surface area contributed by atoms with Crippen molar-refractivity contribution in [2.45, 2.75) is 19.8 Å². The molecule has 5 nitrogen and oxygen atoms in total. The number of pyridine rings is 1. The van der Waals surface area contributed by atoms with E-state index in [4.69, 9.17) is 4.74 Å². The molecule has 1 aliphatic rings. The van der Waals surface area contributed by atoms with E-state index in [0.29, 0.717) is 22.7 Å². The van der Waals surface area contributed by atoms with Gasteiger partial charge in [0.1, 0.15) is 5.75 Å². The molecule has 136 valence electrons. The molecule has 1 N–H and O–H groups in total. The summed E-state index contributed by atoms with van der Waals surface area (Å²) < 4.78 is 5.70. The Labute approximate surface area is 157 Å². The highest BCUT2D eigenvalue weighted by Gasteiger charge is 2.21. The molecular formula is C22H20N2O3. The predicted octanol–water partition coefficient (Wildman–Crippen LogP) is 4.40. The van der Waals surface area contributed by atoms with Gasteiger partial charge >= 0.3 is 0 Å². The smallest absolute Gasteiger partial charge is 0.255 e. The fraction of sp³-hybridized carbons (Fsp3) is 0.227. The van der Waals surface area contributed by atoms with Crippen molar-refractivity contribution >= 4 is 28.8 Å². The second kappa shape index (κ2) is 7.19. The van der Waals surface area contributed by atoms with E-state index in [9.17, 15) is 9.59 Å². The summed E-state index contributed by atoms with van der Waals surface area (Å²) in [5, 5.41) is 3.81. The van der Waals surface area contributed by atoms with Gasteiger partial charge in [0.15, 0.2) is 6.29 Å². The van der Waals surface area contributed by atoms with Crippen molar-refractivity contribution in [3.8, 4) is 5.75 Å². The summed E-state index contributed by atoms with van der Waals surface area (Å²) in [6, 6.07) is 12.7. The normalized spacial score (nSPS) is 13.4. The molecular weight excluding hydrogens is 340 g/mol. The van der Waals surface area contributed by atoms with Crippen molar-refractivity contribution in [1.82, 2.24) is 4.98 Å². The van der Waals surface area contributed by atoms with Crippen LogP contribution < -0.4 is 10.1 Å². The van der Waals surface area contributed by atoms with Gasteiger partial charge in [-0.1, -0.05) is 6.07 Å². The third kappa shape index (κ3) is 3.82. The molecule has 0 atom stereocenters. The summed E-state index contributed by atoms with van der Waals surface area (Å²) in [5.74, 6) is 1.30. The van der Waals surface area contributed by atoms with Gasteiger partial charge in [-0.25, -0.2) is 0 Å². The Bertz CT molecular complexity index is 1010. The SMILES string of the molecule is Cc1c(NC(=O)c2ccc(OCC3CC3)cc2)ccc2cc(C=O)cnc12. The molecule has 1 aromatic heterocycles. The first-order chi connectivity index (χ1) is 13.1. The molecule has 0 radical (unpaired) electrons. The minimum absolute atomic E-state index is 0.185. The lowest BCUT2D eigenvalue weighted by Gasteiger charge is -2.11. The molecule has 1 amide bonds. The number of anilines is 1. The van der Waals surface area contributed by atoms with Crippen LogP contribution in [-0.2, 0) is 0 Å². The first-order valence-corrected chi connectivity index (χ1v) is 9.03. The number of amides is 1. The van der Waals surface area contributed by atoms with E-state index in [1.807, 2.05) is 31.2 Å². The number of rotatable bonds is 6. The minimum atomic E-state index is -0.185. The van der Waals surface area contributed by atoms with E-state index in [1.54, 1.807) is 18.2 Å². The van der Waals surface area contributed by atoms with E-state index in [0.717, 1.165) is 35.1 Å². The fourth-order valence-corrected chi connectivity index (χ4v) is 2.96. The van der Waals surface area contributed by atoms with Crippen LogP contribution in [-0.4, -0.2) is 23.8 Å². The van der Waals surface area contributed by atoms with Crippen LogP contribution in [0.4, 0.5) is 5.69 Å². The van der Waals surface area contributed by atoms with Crippen LogP contribution in [0.5, 0.6) is 5.75 Å². The third-order valence-electron chi connectivity index (χ3n) is 4.81. The van der Waals surface area contributed by atoms with Crippen LogP contribution in [0.25, 0.3) is 10.9 Å². The lowest BCUT2D eigenvalue weighted by atomic mass is 10.1. The summed E-state index contributed by atoms with van der Waals surface area (Å²) in [6.07, 6.45) is 4.80. The van der Waals surface area contributed by atoms with Gasteiger partial charge in [-0.05, 0) is 67.6 Å². The Morgan fingerprint density at radius 2 is 2.00 bits per heavy atom. The molecule has 1 saturated carbocycles. The maximum Gasteiger partial charge on any atom is 0.255 e. The largest absolute Gasteiger partial charge is 0.493 e. The van der Waals surface area contributed by atoms with Crippen molar-refractivity contribution in [2.75, 3.05) is 11.9 Å². The molecule has 0 spiro atoms. The van der Waals surface area contributed by atoms with Gasteiger partial charge in [0.05, 0.1) is 12.1 Å². The molecule has 1 aliphatic carbocycles. The molecule has 0 saturated heterocycles. The maximum absolute atomic E-state index is 12.6. The topological polar surface area (TPSA) is 68.3 Å². The van der Waals surface area contributed by atoms with E-state index in [-0.39, 0.29) is 5.91 Å². The Balaban J connectivity index is 1.49. The van der Waals surface area contributed by atoms with E-state index >= 15 is 0 Å². The molecule has 0 unspecified atom stereocenters. The van der Waals surface area contributed by atoms with Crippen LogP contribution in [0, 0.1) is 12.8 Å². The zero-order valence-electron chi connectivity index (χ0n) is 15.1. The van der Waals surface area contributed by atoms with Crippen LogP contribution in [0.2, 0.25) is 0 Å². The van der Waals surface area contributed by atoms with Crippen molar-refractivity contribution in [3.05, 3.63) is 65.4 Å². The second-order valence-corrected chi connectivity index (χ2v) is 6.93. The molecule has 3 aromatic rings. The van der Waals surface area contributed by atoms with E-state index < -0.39 is 0 Å². The number of hydrogen-bond donors (Lipinski definition) is 1. The predicted molar refractivity (Wildman–Crippen MR) is 104 cm³/mol. The number of aldehydes is 1. The molecule has 27 heavy (non-hydrogen) atoms. The third-order valence-corrected chi connectivity index (χ3v) is 4.81. The maximum atomic E-state index is 12.6. The van der Waals surface area contributed by atoms with Crippen molar-refractivity contribution in [1.29, 1.82) is 0 Å². The summed E-state index contributed by atoms with van der Waals surface area (Å²) in [7, 11) is 0. The van der Waals surface area contributed by atoms with Crippen molar-refractivity contribution < 1.29 is 14.3 Å². The van der Waals surface area contributed by atoms with E-state index in [1.165, 1.54) is 19.0 Å². The highest BCUT2D eigenvalue weighted by atomic mass is 16.5. The summed E-state index contributed by atoms with van der Waals surface area (Å²) in [6.45, 7) is 2.65. The van der Waals surface area contributed by atoms with Crippen LogP contribution in [0.3, 0.4) is 0 Å². The summed E-state index contributed by atoms with van der Waals surface area (Å²) in [4.78, 5) is 27.8. The number of aryl methyl sites for hydroxylation is 1. The molecule has 4 rings (SSSR count). The van der Waals surface area contributed by atoms with Crippen LogP contribution >= 0.6 is 0 Å². The second-order valence-electron chi connectivity index (χ2n) is 6.93. The molecule has 0 aliphatic heterocycles. The minimum Gasteiger partial charge on any atom is -0.493 e. The number of nitrogens with one attached hydrogen (secondary N) is 1. The Kier molecular flexibility index (Phi) is 4.59. The molecule has 2 aromatic carbocycles. The van der Waals surface area contributed by atoms with Crippen LogP contribution in [0.15, 0.2) is 48.7 Å². The monoisotopic (exact) mass is 360 g/mol. The molecule has 5 heteroatoms. The van der Waals surface area contributed by atoms with Gasteiger partial charge in [-0.3, -0.25) is 14.6 Å². The van der Waals surface area contributed by atoms with Gasteiger partial charge in [0.2, 0.25) is 0 Å². The van der Waals surface area contributed by atoms with Gasteiger partial charge in [0.25, 0.3) is 5.91 Å². The highest BCUT2D eigenvalue weighted by Crippen LogP contribution is 2.29. The first-order valence-electron chi connectivity index (χ1n) is 9.03. The quantitative estimate of drug-likeness (QED) is 0.662. The Morgan fingerprint density at radius 3 is 2.70 bits per heavy atom. The summed E-state index contributed by atoms with van der Waals surface area (Å²) in [5.41, 5.74) is 3.43. The van der Waals surface area contributed by atoms with Gasteiger partial charge < -0.3 is 10.1 Å². The van der Waals surface area contributed by atoms with Gasteiger partial charge in [-0.2, -0.15) is 0 Å². The lowest BCUT2D eigenvalue weighted by Crippen LogP contribution is -2.13. The molecule has 0 bridgehead atoms. The zero-order valence-corrected chi connectivity index (χ0v) is 15.1. The zero-order chi connectivity index (χ0) is 18.8. The number of nitrogens with zero attached hydrogens (tertiary/aromatic N) is 1. The number of ether oxygens (including phenoxy) is 1. The van der Waals surface area contributed by atoms with E-state index in [2.05, 4.69) is 10.3 Å². The molecule has 1 fully saturated rings. The number of fused-ring (bicyclic) bond motifs is 1. The highest BCUT2D eigenvalue weighted by molar-refractivity contribution is 6.06. The van der Waals surface area contributed by atoms with Crippen molar-refractivity contribution in [3.63, 3.8) is 0 Å². The Morgan fingerprint density at radius 1 is 1.22 bits per heavy atom. The number of carbonyl (C=O) groups is 2. The lowest BCUT2D eigenvalue weighted by molar-refractivity contribution is 0.102. The van der Waals surface area contributed by atoms with Crippen LogP contribution in [0.1, 0.15) is 39.1 Å². The number of hydrogen-bond acceptors (Lipinski definition) is 4. The number of aromatic nitrogens is 1. The number of carbonyl (C=O) groups excluding carboxylic acids is 2. The van der Waals surface area contributed by atoms with Gasteiger partial charge in [0, 0.05) is 28.4 Å². The average molecular weight is 360 g/mol. The van der Waals surface area contributed by atoms with Crippen molar-refractivity contribution in [2.24, 2.45) is 5.92 Å². The first kappa shape index (κ1) is 17.2. The number of benzene rings is 2. The standard InChI is InChI=1S/C22H20N2O3/c1-14-20(9-6-18-10-16(12-25)11-23-21(14)18)24-22(26)17-4-7-19(8-5-17)27-13-15-2-3-15/h4-12,15H,2-3,13H2,1H3,(H,24,26). The summed E-state index contributed by atoms with van der Waals surface area (Å²) >= 11 is 0. The van der Waals surface area contributed by atoms with Gasteiger partial charge in [-0.15, -0.1) is 0 Å². The molecule has 1 heterocycles. The average Bonchev–Trinajstić information content (AvgIpc) is 3.53.